The van der Waals surface area contributed by atoms with Crippen molar-refractivity contribution in [2.45, 2.75) is 13.5 Å². The molecule has 0 heterocycles. The van der Waals surface area contributed by atoms with Crippen LogP contribution >= 0.6 is 35.4 Å². The van der Waals surface area contributed by atoms with E-state index in [2.05, 4.69) is 5.32 Å². The lowest BCUT2D eigenvalue weighted by molar-refractivity contribution is 0.0526. The highest BCUT2D eigenvalue weighted by Gasteiger charge is 2.20. The van der Waals surface area contributed by atoms with Gasteiger partial charge >= 0.3 is 5.97 Å². The first-order chi connectivity index (χ1) is 17.4. The zero-order chi connectivity index (χ0) is 25.7. The Morgan fingerprint density at radius 3 is 2.22 bits per heavy atom. The molecule has 0 unspecified atom stereocenters. The van der Waals surface area contributed by atoms with Gasteiger partial charge in [0.15, 0.2) is 5.11 Å². The molecule has 1 N–H and O–H groups in total. The number of thiocarbonyl (C=S) groups is 1. The van der Waals surface area contributed by atoms with Gasteiger partial charge in [-0.2, -0.15) is 0 Å². The van der Waals surface area contributed by atoms with Crippen molar-refractivity contribution in [2.24, 2.45) is 0 Å². The van der Waals surface area contributed by atoms with Crippen LogP contribution < -0.4 is 10.2 Å². The molecule has 182 valence electrons. The van der Waals surface area contributed by atoms with Crippen molar-refractivity contribution in [2.75, 3.05) is 11.5 Å². The molecule has 8 heteroatoms. The maximum Gasteiger partial charge on any atom is 0.338 e. The minimum atomic E-state index is -0.420. The number of hydrogen-bond acceptors (Lipinski definition) is 4. The van der Waals surface area contributed by atoms with Crippen molar-refractivity contribution in [3.8, 4) is 0 Å². The summed E-state index contributed by atoms with van der Waals surface area (Å²) in [6.07, 6.45) is 0. The summed E-state index contributed by atoms with van der Waals surface area (Å²) in [7, 11) is 0. The van der Waals surface area contributed by atoms with Crippen LogP contribution in [0.25, 0.3) is 10.8 Å². The summed E-state index contributed by atoms with van der Waals surface area (Å²) in [5, 5.41) is 5.72. The van der Waals surface area contributed by atoms with Gasteiger partial charge in [-0.05, 0) is 72.4 Å². The number of fused-ring (bicyclic) bond motifs is 1. The number of anilines is 1. The molecule has 0 fully saturated rings. The highest BCUT2D eigenvalue weighted by molar-refractivity contribution is 7.80. The number of carbonyl (C=O) groups is 2. The van der Waals surface area contributed by atoms with Crippen molar-refractivity contribution in [1.82, 2.24) is 5.32 Å². The van der Waals surface area contributed by atoms with Gasteiger partial charge in [0.25, 0.3) is 5.91 Å². The first kappa shape index (κ1) is 25.6. The SMILES string of the molecule is CCOC(=O)c1ccc(N(Cc2c(Cl)cccc2Cl)C(=S)NC(=O)c2cccc3ccccc23)cc1. The van der Waals surface area contributed by atoms with E-state index in [0.29, 0.717) is 32.4 Å². The summed E-state index contributed by atoms with van der Waals surface area (Å²) in [6, 6.07) is 25.1. The fourth-order valence-corrected chi connectivity index (χ4v) is 4.55. The van der Waals surface area contributed by atoms with Crippen LogP contribution in [0.4, 0.5) is 5.69 Å². The van der Waals surface area contributed by atoms with E-state index in [-0.39, 0.29) is 24.2 Å². The molecule has 1 amide bonds. The van der Waals surface area contributed by atoms with Crippen molar-refractivity contribution in [3.05, 3.63) is 112 Å². The zero-order valence-corrected chi connectivity index (χ0v) is 21.7. The fraction of sp³-hybridized carbons (Fsp3) is 0.107. The van der Waals surface area contributed by atoms with Crippen LogP contribution in [0.15, 0.2) is 84.9 Å². The van der Waals surface area contributed by atoms with E-state index < -0.39 is 5.97 Å². The number of carbonyl (C=O) groups excluding carboxylic acids is 2. The van der Waals surface area contributed by atoms with Crippen LogP contribution in [-0.2, 0) is 11.3 Å². The molecule has 4 rings (SSSR count). The van der Waals surface area contributed by atoms with Crippen molar-refractivity contribution < 1.29 is 14.3 Å². The monoisotopic (exact) mass is 536 g/mol. The van der Waals surface area contributed by atoms with Gasteiger partial charge in [-0.1, -0.05) is 65.7 Å². The summed E-state index contributed by atoms with van der Waals surface area (Å²) in [4.78, 5) is 27.1. The molecule has 0 aromatic heterocycles. The lowest BCUT2D eigenvalue weighted by Gasteiger charge is -2.27. The molecule has 0 atom stereocenters. The number of halogens is 2. The van der Waals surface area contributed by atoms with Gasteiger partial charge in [-0.3, -0.25) is 10.1 Å². The van der Waals surface area contributed by atoms with Crippen LogP contribution in [0.2, 0.25) is 10.0 Å². The molecule has 4 aromatic carbocycles. The normalized spacial score (nSPS) is 10.6. The maximum absolute atomic E-state index is 13.3. The molecule has 0 saturated carbocycles. The molecule has 5 nitrogen and oxygen atoms in total. The Morgan fingerprint density at radius 1 is 0.889 bits per heavy atom. The Kier molecular flexibility index (Phi) is 8.21. The molecule has 4 aromatic rings. The van der Waals surface area contributed by atoms with E-state index in [4.69, 9.17) is 40.2 Å². The van der Waals surface area contributed by atoms with Crippen LogP contribution in [0.1, 0.15) is 33.2 Å². The fourth-order valence-electron chi connectivity index (χ4n) is 3.77. The Labute approximate surface area is 224 Å². The Morgan fingerprint density at radius 2 is 1.53 bits per heavy atom. The van der Waals surface area contributed by atoms with Crippen molar-refractivity contribution >= 4 is 68.9 Å². The molecule has 0 aliphatic carbocycles. The molecule has 0 radical (unpaired) electrons. The van der Waals surface area contributed by atoms with Gasteiger partial charge in [0.2, 0.25) is 0 Å². The van der Waals surface area contributed by atoms with Gasteiger partial charge in [0, 0.05) is 26.9 Å². The van der Waals surface area contributed by atoms with Crippen LogP contribution in [0, 0.1) is 0 Å². The first-order valence-electron chi connectivity index (χ1n) is 11.2. The second kappa shape index (κ2) is 11.5. The van der Waals surface area contributed by atoms with E-state index in [1.165, 1.54) is 0 Å². The predicted molar refractivity (Wildman–Crippen MR) is 149 cm³/mol. The number of nitrogens with zero attached hydrogens (tertiary/aromatic N) is 1. The van der Waals surface area contributed by atoms with Gasteiger partial charge in [-0.25, -0.2) is 4.79 Å². The van der Waals surface area contributed by atoms with Gasteiger partial charge in [0.05, 0.1) is 18.7 Å². The minimum absolute atomic E-state index is 0.160. The lowest BCUT2D eigenvalue weighted by Crippen LogP contribution is -2.42. The molecule has 0 aliphatic heterocycles. The van der Waals surface area contributed by atoms with E-state index in [0.717, 1.165) is 10.8 Å². The standard InChI is InChI=1S/C28H22Cl2N2O3S/c1-2-35-27(34)19-13-15-20(16-14-19)32(17-23-24(29)11-6-12-25(23)30)28(36)31-26(33)22-10-5-8-18-7-3-4-9-21(18)22/h3-16H,2,17H2,1H3,(H,31,33,36). The number of hydrogen-bond donors (Lipinski definition) is 1. The second-order valence-corrected chi connectivity index (χ2v) is 9.04. The summed E-state index contributed by atoms with van der Waals surface area (Å²) < 4.78 is 5.07. The highest BCUT2D eigenvalue weighted by atomic mass is 35.5. The molecular weight excluding hydrogens is 515 g/mol. The molecule has 0 saturated heterocycles. The number of rotatable bonds is 6. The highest BCUT2D eigenvalue weighted by Crippen LogP contribution is 2.28. The van der Waals surface area contributed by atoms with Gasteiger partial charge < -0.3 is 9.64 Å². The number of amides is 1. The van der Waals surface area contributed by atoms with E-state index >= 15 is 0 Å². The number of nitrogens with one attached hydrogen (secondary N) is 1. The van der Waals surface area contributed by atoms with E-state index in [1.54, 1.807) is 60.4 Å². The molecular formula is C28H22Cl2N2O3S. The smallest absolute Gasteiger partial charge is 0.338 e. The molecule has 0 spiro atoms. The average Bonchev–Trinajstić information content (AvgIpc) is 2.88. The number of esters is 1. The third-order valence-corrected chi connectivity index (χ3v) is 6.60. The third kappa shape index (κ3) is 5.68. The molecule has 36 heavy (non-hydrogen) atoms. The molecule has 0 aliphatic rings. The summed E-state index contributed by atoms with van der Waals surface area (Å²) in [5.41, 5.74) is 2.20. The lowest BCUT2D eigenvalue weighted by atomic mass is 10.0. The van der Waals surface area contributed by atoms with Crippen LogP contribution in [0.5, 0.6) is 0 Å². The van der Waals surface area contributed by atoms with E-state index in [1.807, 2.05) is 36.4 Å². The van der Waals surface area contributed by atoms with E-state index in [9.17, 15) is 9.59 Å². The predicted octanol–water partition coefficient (Wildman–Crippen LogP) is 7.04. The average molecular weight is 537 g/mol. The molecule has 0 bridgehead atoms. The topological polar surface area (TPSA) is 58.6 Å². The summed E-state index contributed by atoms with van der Waals surface area (Å²) in [5.74, 6) is -0.758. The Hall–Kier alpha value is -3.45. The number of benzene rings is 4. The Balaban J connectivity index is 1.66. The van der Waals surface area contributed by atoms with Crippen LogP contribution in [0.3, 0.4) is 0 Å². The maximum atomic E-state index is 13.3. The van der Waals surface area contributed by atoms with Gasteiger partial charge in [0.1, 0.15) is 0 Å². The van der Waals surface area contributed by atoms with Crippen molar-refractivity contribution in [1.29, 1.82) is 0 Å². The number of ether oxygens (including phenoxy) is 1. The van der Waals surface area contributed by atoms with Crippen LogP contribution in [-0.4, -0.2) is 23.6 Å². The summed E-state index contributed by atoms with van der Waals surface area (Å²) in [6.45, 7) is 2.23. The van der Waals surface area contributed by atoms with Gasteiger partial charge in [-0.15, -0.1) is 0 Å². The van der Waals surface area contributed by atoms with Crippen molar-refractivity contribution in [3.63, 3.8) is 0 Å². The minimum Gasteiger partial charge on any atom is -0.462 e. The first-order valence-corrected chi connectivity index (χ1v) is 12.4. The quantitative estimate of drug-likeness (QED) is 0.211. The summed E-state index contributed by atoms with van der Waals surface area (Å²) >= 11 is 18.5. The third-order valence-electron chi connectivity index (χ3n) is 5.57. The zero-order valence-electron chi connectivity index (χ0n) is 19.3. The largest absolute Gasteiger partial charge is 0.462 e. The Bertz CT molecular complexity index is 1420. The second-order valence-electron chi connectivity index (χ2n) is 7.84.